The van der Waals surface area contributed by atoms with E-state index in [1.165, 1.54) is 28.8 Å². The van der Waals surface area contributed by atoms with Crippen molar-refractivity contribution < 1.29 is 18.7 Å². The summed E-state index contributed by atoms with van der Waals surface area (Å²) in [5, 5.41) is 15.8. The van der Waals surface area contributed by atoms with E-state index in [1.54, 1.807) is 29.2 Å². The molecule has 0 spiro atoms. The van der Waals surface area contributed by atoms with E-state index in [1.807, 2.05) is 4.90 Å². The summed E-state index contributed by atoms with van der Waals surface area (Å²) in [7, 11) is 0. The van der Waals surface area contributed by atoms with Gasteiger partial charge in [0, 0.05) is 26.2 Å². The normalized spacial score (nSPS) is 17.9. The summed E-state index contributed by atoms with van der Waals surface area (Å²) in [6.07, 6.45) is 5.21. The van der Waals surface area contributed by atoms with E-state index >= 15 is 4.39 Å². The highest BCUT2D eigenvalue weighted by Gasteiger charge is 2.33. The largest absolute Gasteiger partial charge is 0.447 e. The molecule has 3 aromatic rings. The van der Waals surface area contributed by atoms with Gasteiger partial charge in [0.05, 0.1) is 30.7 Å². The third kappa shape index (κ3) is 4.03. The second kappa shape index (κ2) is 8.60. The highest BCUT2D eigenvalue weighted by Crippen LogP contribution is 2.32. The van der Waals surface area contributed by atoms with Crippen molar-refractivity contribution in [1.82, 2.24) is 34.9 Å². The quantitative estimate of drug-likeness (QED) is 0.521. The lowest BCUT2D eigenvalue weighted by molar-refractivity contribution is 0.101. The number of aromatic nitrogens is 6. The molecule has 2 saturated heterocycles. The van der Waals surface area contributed by atoms with Crippen molar-refractivity contribution in [2.24, 2.45) is 0 Å². The minimum atomic E-state index is -0.639. The Morgan fingerprint density at radius 3 is 2.64 bits per heavy atom. The van der Waals surface area contributed by atoms with Crippen LogP contribution in [0.2, 0.25) is 0 Å². The molecule has 5 rings (SSSR count). The molecule has 2 fully saturated rings. The maximum absolute atomic E-state index is 15.2. The maximum atomic E-state index is 15.2. The number of anilines is 1. The smallest absolute Gasteiger partial charge is 0.411 e. The van der Waals surface area contributed by atoms with E-state index < -0.39 is 12.3 Å². The molecule has 2 aliphatic heterocycles. The molecule has 1 amide bonds. The zero-order valence-corrected chi connectivity index (χ0v) is 18.0. The number of halogens is 1. The van der Waals surface area contributed by atoms with Crippen molar-refractivity contribution in [2.75, 3.05) is 31.1 Å². The van der Waals surface area contributed by atoms with Crippen molar-refractivity contribution >= 4 is 17.6 Å². The van der Waals surface area contributed by atoms with Gasteiger partial charge in [0.2, 0.25) is 0 Å². The molecule has 0 bridgehead atoms. The third-order valence-corrected chi connectivity index (χ3v) is 6.10. The number of hydrogen-bond acceptors (Lipinski definition) is 8. The van der Waals surface area contributed by atoms with Gasteiger partial charge in [0.1, 0.15) is 18.1 Å². The maximum Gasteiger partial charge on any atom is 0.411 e. The number of benzene rings is 1. The van der Waals surface area contributed by atoms with Gasteiger partial charge < -0.3 is 9.64 Å². The second-order valence-corrected chi connectivity index (χ2v) is 8.13. The minimum Gasteiger partial charge on any atom is -0.447 e. The lowest BCUT2D eigenvalue weighted by atomic mass is 10.0. The Labute approximate surface area is 188 Å². The molecule has 1 aromatic carbocycles. The fourth-order valence-electron chi connectivity index (χ4n) is 4.38. The first-order valence-electron chi connectivity index (χ1n) is 10.8. The van der Waals surface area contributed by atoms with Gasteiger partial charge in [-0.2, -0.15) is 0 Å². The Kier molecular flexibility index (Phi) is 5.48. The summed E-state index contributed by atoms with van der Waals surface area (Å²) in [5.74, 6) is -0.490. The molecule has 0 N–H and O–H groups in total. The van der Waals surface area contributed by atoms with Crippen LogP contribution in [0.5, 0.6) is 0 Å². The van der Waals surface area contributed by atoms with Crippen LogP contribution in [0.3, 0.4) is 0 Å². The number of Topliss-reactive ketones (excluding diaryl/α,β-unsaturated/α-hetero) is 1. The topological polar surface area (TPSA) is 111 Å². The second-order valence-electron chi connectivity index (χ2n) is 8.13. The SMILES string of the molecule is CC(=O)c1cn(C2CCN(c3ccc([C@H](N4CCOC4=O)n4ccnn4)cc3F)CC2)nn1. The van der Waals surface area contributed by atoms with Crippen LogP contribution in [0.25, 0.3) is 0 Å². The number of ketones is 1. The summed E-state index contributed by atoms with van der Waals surface area (Å²) >= 11 is 0. The van der Waals surface area contributed by atoms with Gasteiger partial charge >= 0.3 is 6.09 Å². The number of piperidine rings is 1. The Morgan fingerprint density at radius 2 is 2.03 bits per heavy atom. The number of carbonyl (C=O) groups excluding carboxylic acids is 2. The molecule has 0 aliphatic carbocycles. The molecule has 1 atom stereocenters. The number of cyclic esters (lactones) is 1. The number of hydrogen-bond donors (Lipinski definition) is 0. The minimum absolute atomic E-state index is 0.113. The van der Waals surface area contributed by atoms with Gasteiger partial charge in [0.15, 0.2) is 11.9 Å². The van der Waals surface area contributed by atoms with E-state index in [0.717, 1.165) is 12.8 Å². The Balaban J connectivity index is 1.32. The lowest BCUT2D eigenvalue weighted by Gasteiger charge is -2.34. The van der Waals surface area contributed by atoms with Gasteiger partial charge in [-0.25, -0.2) is 18.5 Å². The first-order valence-corrected chi connectivity index (χ1v) is 10.8. The highest BCUT2D eigenvalue weighted by atomic mass is 19.1. The average molecular weight is 454 g/mol. The Hall–Kier alpha value is -3.83. The van der Waals surface area contributed by atoms with Gasteiger partial charge in [-0.05, 0) is 30.5 Å². The van der Waals surface area contributed by atoms with E-state index in [4.69, 9.17) is 4.74 Å². The molecule has 12 heteroatoms. The molecule has 2 aliphatic rings. The lowest BCUT2D eigenvalue weighted by Crippen LogP contribution is -2.36. The molecule has 0 saturated carbocycles. The standard InChI is InChI=1S/C21H23FN8O3/c1-14(31)18-13-30(26-24-18)16-4-7-27(8-5-16)19-3-2-15(12-17(19)22)20(29-9-6-23-25-29)28-10-11-33-21(28)32/h2-3,6,9,12-13,16,20H,4-5,7-8,10-11H2,1H3/t20-/m1/s1. The molecule has 172 valence electrons. The highest BCUT2D eigenvalue weighted by molar-refractivity contribution is 5.91. The summed E-state index contributed by atoms with van der Waals surface area (Å²) in [6.45, 7) is 3.40. The van der Waals surface area contributed by atoms with E-state index in [2.05, 4.69) is 20.6 Å². The van der Waals surface area contributed by atoms with E-state index in [0.29, 0.717) is 36.6 Å². The van der Waals surface area contributed by atoms with Crippen molar-refractivity contribution in [3.63, 3.8) is 0 Å². The van der Waals surface area contributed by atoms with Crippen LogP contribution in [0.1, 0.15) is 48.0 Å². The fraction of sp³-hybridized carbons (Fsp3) is 0.429. The summed E-state index contributed by atoms with van der Waals surface area (Å²) in [6, 6.07) is 5.09. The van der Waals surface area contributed by atoms with Crippen LogP contribution < -0.4 is 4.90 Å². The van der Waals surface area contributed by atoms with Crippen LogP contribution in [-0.2, 0) is 4.74 Å². The van der Waals surface area contributed by atoms with Gasteiger partial charge in [0.25, 0.3) is 0 Å². The summed E-state index contributed by atoms with van der Waals surface area (Å²) in [4.78, 5) is 27.1. The molecule has 11 nitrogen and oxygen atoms in total. The van der Waals surface area contributed by atoms with Crippen LogP contribution in [-0.4, -0.2) is 73.0 Å². The number of carbonyl (C=O) groups is 2. The summed E-state index contributed by atoms with van der Waals surface area (Å²) < 4.78 is 23.6. The molecule has 0 radical (unpaired) electrons. The number of nitrogens with zero attached hydrogens (tertiary/aromatic N) is 8. The molecule has 0 unspecified atom stereocenters. The number of rotatable bonds is 6. The van der Waals surface area contributed by atoms with Crippen LogP contribution >= 0.6 is 0 Å². The molecular formula is C21H23FN8O3. The van der Waals surface area contributed by atoms with Crippen molar-refractivity contribution in [1.29, 1.82) is 0 Å². The van der Waals surface area contributed by atoms with E-state index in [9.17, 15) is 9.59 Å². The van der Waals surface area contributed by atoms with Crippen LogP contribution in [0, 0.1) is 5.82 Å². The number of amides is 1. The molecule has 4 heterocycles. The first-order chi connectivity index (χ1) is 16.0. The van der Waals surface area contributed by atoms with Crippen LogP contribution in [0.4, 0.5) is 14.9 Å². The fourth-order valence-corrected chi connectivity index (χ4v) is 4.38. The first kappa shape index (κ1) is 21.0. The van der Waals surface area contributed by atoms with Gasteiger partial charge in [-0.1, -0.05) is 16.5 Å². The van der Waals surface area contributed by atoms with Crippen molar-refractivity contribution in [3.05, 3.63) is 53.9 Å². The number of ether oxygens (including phenoxy) is 1. The monoisotopic (exact) mass is 454 g/mol. The van der Waals surface area contributed by atoms with Crippen molar-refractivity contribution in [2.45, 2.75) is 32.0 Å². The molecule has 2 aromatic heterocycles. The third-order valence-electron chi connectivity index (χ3n) is 6.10. The predicted octanol–water partition coefficient (Wildman–Crippen LogP) is 2.05. The van der Waals surface area contributed by atoms with Gasteiger partial charge in [-0.15, -0.1) is 10.2 Å². The average Bonchev–Trinajstić information content (AvgIpc) is 3.58. The van der Waals surface area contributed by atoms with Gasteiger partial charge in [-0.3, -0.25) is 9.69 Å². The predicted molar refractivity (Wildman–Crippen MR) is 113 cm³/mol. The Bertz CT molecular complexity index is 1160. The molecule has 33 heavy (non-hydrogen) atoms. The summed E-state index contributed by atoms with van der Waals surface area (Å²) in [5.41, 5.74) is 1.43. The zero-order chi connectivity index (χ0) is 22.9. The zero-order valence-electron chi connectivity index (χ0n) is 18.0. The van der Waals surface area contributed by atoms with E-state index in [-0.39, 0.29) is 24.2 Å². The van der Waals surface area contributed by atoms with Crippen LogP contribution in [0.15, 0.2) is 36.8 Å². The molecular weight excluding hydrogens is 431 g/mol. The van der Waals surface area contributed by atoms with Crippen molar-refractivity contribution in [3.8, 4) is 0 Å². The Morgan fingerprint density at radius 1 is 1.21 bits per heavy atom.